The van der Waals surface area contributed by atoms with E-state index in [1.165, 1.54) is 62.2 Å². The van der Waals surface area contributed by atoms with Gasteiger partial charge in [-0.05, 0) is 104 Å². The number of hydrogen-bond acceptors (Lipinski definition) is 6. The van der Waals surface area contributed by atoms with Crippen molar-refractivity contribution in [1.29, 1.82) is 0 Å². The molecule has 0 N–H and O–H groups in total. The van der Waals surface area contributed by atoms with E-state index in [-0.39, 0.29) is 0 Å². The lowest BCUT2D eigenvalue weighted by molar-refractivity contribution is 1.49. The zero-order valence-electron chi connectivity index (χ0n) is 19.8. The molecule has 0 unspecified atom stereocenters. The molecule has 4 heterocycles. The lowest BCUT2D eigenvalue weighted by atomic mass is 9.91. The SMILES string of the molecule is c1ccc2sc(-c3c4cc5ccsc5cc4c(-c4nc5ccccc5s4)c4cc5ccsc5cc34)nc2c1. The number of aromatic nitrogens is 2. The Bertz CT molecular complexity index is 2050. The molecule has 4 aromatic heterocycles. The van der Waals surface area contributed by atoms with Crippen LogP contribution in [-0.2, 0) is 0 Å². The lowest BCUT2D eigenvalue weighted by Gasteiger charge is -2.15. The average Bonchev–Trinajstić information content (AvgIpc) is 3.73. The maximum absolute atomic E-state index is 5.17. The maximum atomic E-state index is 5.17. The van der Waals surface area contributed by atoms with E-state index in [0.717, 1.165) is 21.0 Å². The van der Waals surface area contributed by atoms with Gasteiger partial charge in [-0.25, -0.2) is 9.97 Å². The Morgan fingerprint density at radius 2 is 0.895 bits per heavy atom. The molecule has 5 aromatic carbocycles. The third kappa shape index (κ3) is 3.03. The molecular formula is C32H16N2S4. The standard InChI is InChI=1S/C32H16N2S4/c1-3-7-25-23(5-1)33-31(37-25)29-19-13-17-9-11-36-28(17)16-22(19)30(32-34-24-6-2-4-8-26(24)38-32)20-14-18-10-12-35-27(18)15-21(20)29/h1-16H. The Morgan fingerprint density at radius 3 is 1.37 bits per heavy atom. The Kier molecular flexibility index (Phi) is 4.43. The summed E-state index contributed by atoms with van der Waals surface area (Å²) in [6.45, 7) is 0. The van der Waals surface area contributed by atoms with Crippen LogP contribution < -0.4 is 0 Å². The number of hydrogen-bond donors (Lipinski definition) is 0. The van der Waals surface area contributed by atoms with Gasteiger partial charge in [-0.2, -0.15) is 0 Å². The first-order valence-electron chi connectivity index (χ1n) is 12.3. The summed E-state index contributed by atoms with van der Waals surface area (Å²) in [4.78, 5) is 10.3. The third-order valence-corrected chi connectivity index (χ3v) is 11.1. The minimum atomic E-state index is 1.05. The van der Waals surface area contributed by atoms with Crippen molar-refractivity contribution >= 4 is 107 Å². The van der Waals surface area contributed by atoms with Gasteiger partial charge in [0.25, 0.3) is 0 Å². The molecular weight excluding hydrogens is 541 g/mol. The number of benzene rings is 5. The normalized spacial score (nSPS) is 12.2. The highest BCUT2D eigenvalue weighted by atomic mass is 32.1. The molecule has 6 heteroatoms. The van der Waals surface area contributed by atoms with E-state index in [4.69, 9.17) is 9.97 Å². The second-order valence-electron chi connectivity index (χ2n) is 9.44. The number of para-hydroxylation sites is 2. The van der Waals surface area contributed by atoms with Crippen molar-refractivity contribution in [3.05, 3.63) is 95.7 Å². The molecule has 38 heavy (non-hydrogen) atoms. The highest BCUT2D eigenvalue weighted by Crippen LogP contribution is 2.49. The average molecular weight is 557 g/mol. The Hall–Kier alpha value is -3.68. The minimum absolute atomic E-state index is 1.05. The second-order valence-corrected chi connectivity index (χ2v) is 13.4. The van der Waals surface area contributed by atoms with Crippen LogP contribution in [0.2, 0.25) is 0 Å². The van der Waals surface area contributed by atoms with Crippen LogP contribution in [0, 0.1) is 0 Å². The van der Waals surface area contributed by atoms with Crippen molar-refractivity contribution < 1.29 is 0 Å². The van der Waals surface area contributed by atoms with E-state index in [2.05, 4.69) is 95.7 Å². The van der Waals surface area contributed by atoms with Crippen molar-refractivity contribution in [2.75, 3.05) is 0 Å². The fourth-order valence-corrected chi connectivity index (χ4v) is 9.25. The van der Waals surface area contributed by atoms with Crippen LogP contribution in [0.25, 0.3) is 83.3 Å². The van der Waals surface area contributed by atoms with Crippen molar-refractivity contribution in [2.24, 2.45) is 0 Å². The molecule has 0 bridgehead atoms. The molecule has 178 valence electrons. The molecule has 0 aliphatic rings. The van der Waals surface area contributed by atoms with E-state index in [1.54, 1.807) is 45.3 Å². The smallest absolute Gasteiger partial charge is 0.125 e. The van der Waals surface area contributed by atoms with E-state index in [1.807, 2.05) is 0 Å². The molecule has 0 spiro atoms. The summed E-state index contributed by atoms with van der Waals surface area (Å²) in [5.41, 5.74) is 4.56. The Morgan fingerprint density at radius 1 is 0.447 bits per heavy atom. The molecule has 9 rings (SSSR count). The van der Waals surface area contributed by atoms with Crippen molar-refractivity contribution in [3.63, 3.8) is 0 Å². The van der Waals surface area contributed by atoms with E-state index >= 15 is 0 Å². The van der Waals surface area contributed by atoms with Crippen LogP contribution in [0.5, 0.6) is 0 Å². The molecule has 0 saturated carbocycles. The number of thiophene rings is 2. The van der Waals surface area contributed by atoms with Gasteiger partial charge in [0.1, 0.15) is 10.0 Å². The summed E-state index contributed by atoms with van der Waals surface area (Å²) < 4.78 is 5.03. The number of fused-ring (bicyclic) bond motifs is 6. The predicted octanol–water partition coefficient (Wildman–Crippen LogP) is 11.0. The monoisotopic (exact) mass is 556 g/mol. The quantitative estimate of drug-likeness (QED) is 0.198. The summed E-state index contributed by atoms with van der Waals surface area (Å²) in [5, 5.41) is 14.0. The Balaban J connectivity index is 1.53. The van der Waals surface area contributed by atoms with Crippen LogP contribution in [0.1, 0.15) is 0 Å². The lowest BCUT2D eigenvalue weighted by Crippen LogP contribution is -1.90. The number of nitrogens with zero attached hydrogens (tertiary/aromatic N) is 2. The van der Waals surface area contributed by atoms with Crippen LogP contribution in [0.15, 0.2) is 95.7 Å². The van der Waals surface area contributed by atoms with Crippen LogP contribution in [0.3, 0.4) is 0 Å². The van der Waals surface area contributed by atoms with Gasteiger partial charge >= 0.3 is 0 Å². The molecule has 0 aliphatic heterocycles. The van der Waals surface area contributed by atoms with Crippen molar-refractivity contribution in [1.82, 2.24) is 9.97 Å². The summed E-state index contributed by atoms with van der Waals surface area (Å²) in [5.74, 6) is 0. The molecule has 0 aliphatic carbocycles. The fourth-order valence-electron chi connectivity index (χ4n) is 5.56. The van der Waals surface area contributed by atoms with Gasteiger partial charge in [0, 0.05) is 20.5 Å². The summed E-state index contributed by atoms with van der Waals surface area (Å²) in [7, 11) is 0. The zero-order valence-corrected chi connectivity index (χ0v) is 23.0. The van der Waals surface area contributed by atoms with Crippen molar-refractivity contribution in [2.45, 2.75) is 0 Å². The van der Waals surface area contributed by atoms with Crippen LogP contribution in [-0.4, -0.2) is 9.97 Å². The molecule has 0 fully saturated rings. The summed E-state index contributed by atoms with van der Waals surface area (Å²) >= 11 is 7.16. The first kappa shape index (κ1) is 21.3. The van der Waals surface area contributed by atoms with Crippen molar-refractivity contribution in [3.8, 4) is 21.1 Å². The predicted molar refractivity (Wildman–Crippen MR) is 169 cm³/mol. The molecule has 9 aromatic rings. The van der Waals surface area contributed by atoms with Crippen LogP contribution >= 0.6 is 45.3 Å². The van der Waals surface area contributed by atoms with Gasteiger partial charge in [0.15, 0.2) is 0 Å². The fraction of sp³-hybridized carbons (Fsp3) is 0. The number of thiazole rings is 2. The zero-order chi connectivity index (χ0) is 24.8. The first-order chi connectivity index (χ1) is 18.8. The molecule has 0 saturated heterocycles. The topological polar surface area (TPSA) is 25.8 Å². The highest BCUT2D eigenvalue weighted by Gasteiger charge is 2.22. The maximum Gasteiger partial charge on any atom is 0.125 e. The second kappa shape index (κ2) is 7.91. The minimum Gasteiger partial charge on any atom is -0.236 e. The molecule has 0 radical (unpaired) electrons. The largest absolute Gasteiger partial charge is 0.236 e. The third-order valence-electron chi connectivity index (χ3n) is 7.28. The van der Waals surface area contributed by atoms with Gasteiger partial charge in [-0.3, -0.25) is 0 Å². The first-order valence-corrected chi connectivity index (χ1v) is 15.7. The number of rotatable bonds is 2. The van der Waals surface area contributed by atoms with Gasteiger partial charge < -0.3 is 0 Å². The van der Waals surface area contributed by atoms with Gasteiger partial charge in [-0.1, -0.05) is 24.3 Å². The summed E-state index contributed by atoms with van der Waals surface area (Å²) in [6.07, 6.45) is 0. The van der Waals surface area contributed by atoms with Crippen LogP contribution in [0.4, 0.5) is 0 Å². The summed E-state index contributed by atoms with van der Waals surface area (Å²) in [6, 6.07) is 30.9. The van der Waals surface area contributed by atoms with E-state index in [0.29, 0.717) is 0 Å². The molecule has 0 atom stereocenters. The molecule has 0 amide bonds. The van der Waals surface area contributed by atoms with E-state index in [9.17, 15) is 0 Å². The highest BCUT2D eigenvalue weighted by molar-refractivity contribution is 7.22. The Labute approximate surface area is 233 Å². The van der Waals surface area contributed by atoms with Gasteiger partial charge in [0.05, 0.1) is 20.4 Å². The van der Waals surface area contributed by atoms with Gasteiger partial charge in [-0.15, -0.1) is 45.3 Å². The molecule has 2 nitrogen and oxygen atoms in total. The van der Waals surface area contributed by atoms with E-state index < -0.39 is 0 Å². The van der Waals surface area contributed by atoms with Gasteiger partial charge in [0.2, 0.25) is 0 Å².